The highest BCUT2D eigenvalue weighted by molar-refractivity contribution is 7.99. The number of anilines is 2. The van der Waals surface area contributed by atoms with Crippen molar-refractivity contribution in [1.82, 2.24) is 9.29 Å². The fourth-order valence-electron chi connectivity index (χ4n) is 4.21. The number of aromatic nitrogens is 1. The Kier molecular flexibility index (Phi) is 7.35. The van der Waals surface area contributed by atoms with Crippen molar-refractivity contribution in [2.75, 3.05) is 29.1 Å². The van der Waals surface area contributed by atoms with Crippen LogP contribution in [0.1, 0.15) is 39.0 Å². The van der Waals surface area contributed by atoms with Gasteiger partial charge in [-0.25, -0.2) is 13.4 Å². The highest BCUT2D eigenvalue weighted by Crippen LogP contribution is 2.32. The van der Waals surface area contributed by atoms with E-state index in [9.17, 15) is 18.0 Å². The maximum Gasteiger partial charge on any atom is 0.244 e. The van der Waals surface area contributed by atoms with Gasteiger partial charge in [0, 0.05) is 31.7 Å². The SMILES string of the molecule is C[C@H]1CC(=O)Nc2ccccc2N1C(=O)CSc1ccc(S(=O)(=O)N2CCCCCC2)cn1. The van der Waals surface area contributed by atoms with Crippen molar-refractivity contribution in [2.45, 2.75) is 55.0 Å². The van der Waals surface area contributed by atoms with Gasteiger partial charge in [0.1, 0.15) is 4.90 Å². The molecule has 33 heavy (non-hydrogen) atoms. The number of fused-ring (bicyclic) bond motifs is 1. The Balaban J connectivity index is 1.44. The largest absolute Gasteiger partial charge is 0.324 e. The minimum Gasteiger partial charge on any atom is -0.324 e. The lowest BCUT2D eigenvalue weighted by atomic mass is 10.2. The lowest BCUT2D eigenvalue weighted by Crippen LogP contribution is -2.40. The summed E-state index contributed by atoms with van der Waals surface area (Å²) in [7, 11) is -3.55. The number of pyridine rings is 1. The van der Waals surface area contributed by atoms with E-state index in [0.717, 1.165) is 25.7 Å². The Morgan fingerprint density at radius 1 is 1.12 bits per heavy atom. The Morgan fingerprint density at radius 3 is 2.55 bits per heavy atom. The summed E-state index contributed by atoms with van der Waals surface area (Å²) in [4.78, 5) is 31.4. The van der Waals surface area contributed by atoms with Crippen LogP contribution >= 0.6 is 11.8 Å². The fourth-order valence-corrected chi connectivity index (χ4v) is 6.37. The standard InChI is InChI=1S/C23H28N4O4S2/c1-17-14-21(28)25-19-8-4-5-9-20(19)27(17)23(29)16-32-22-11-10-18(15-24-22)33(30,31)26-12-6-2-3-7-13-26/h4-5,8-11,15,17H,2-3,6-7,12-14,16H2,1H3,(H,25,28)/t17-/m0/s1. The number of hydrogen-bond donors (Lipinski definition) is 1. The van der Waals surface area contributed by atoms with Gasteiger partial charge in [0.15, 0.2) is 0 Å². The summed E-state index contributed by atoms with van der Waals surface area (Å²) in [6.07, 6.45) is 5.45. The summed E-state index contributed by atoms with van der Waals surface area (Å²) in [5.41, 5.74) is 1.29. The van der Waals surface area contributed by atoms with Gasteiger partial charge in [-0.2, -0.15) is 4.31 Å². The maximum atomic E-state index is 13.1. The Hall–Kier alpha value is -2.43. The first-order chi connectivity index (χ1) is 15.9. The molecular formula is C23H28N4O4S2. The number of sulfonamides is 1. The number of carbonyl (C=O) groups is 2. The summed E-state index contributed by atoms with van der Waals surface area (Å²) >= 11 is 1.25. The lowest BCUT2D eigenvalue weighted by molar-refractivity contribution is -0.117. The highest BCUT2D eigenvalue weighted by atomic mass is 32.2. The van der Waals surface area contributed by atoms with Gasteiger partial charge >= 0.3 is 0 Å². The number of amides is 2. The number of para-hydroxylation sites is 2. The predicted molar refractivity (Wildman–Crippen MR) is 129 cm³/mol. The average Bonchev–Trinajstić information content (AvgIpc) is 3.15. The van der Waals surface area contributed by atoms with Crippen LogP contribution in [-0.2, 0) is 19.6 Å². The first kappa shape index (κ1) is 23.7. The minimum atomic E-state index is -3.55. The van der Waals surface area contributed by atoms with Gasteiger partial charge in [-0.3, -0.25) is 9.59 Å². The van der Waals surface area contributed by atoms with Crippen molar-refractivity contribution in [3.63, 3.8) is 0 Å². The minimum absolute atomic E-state index is 0.123. The lowest BCUT2D eigenvalue weighted by Gasteiger charge is -2.27. The zero-order valence-electron chi connectivity index (χ0n) is 18.6. The van der Waals surface area contributed by atoms with Gasteiger partial charge in [0.2, 0.25) is 21.8 Å². The summed E-state index contributed by atoms with van der Waals surface area (Å²) in [5, 5.41) is 3.42. The number of carbonyl (C=O) groups excluding carboxylic acids is 2. The van der Waals surface area contributed by atoms with Crippen LogP contribution in [-0.4, -0.2) is 54.4 Å². The van der Waals surface area contributed by atoms with E-state index in [0.29, 0.717) is 29.5 Å². The zero-order chi connectivity index (χ0) is 23.4. The van der Waals surface area contributed by atoms with E-state index in [2.05, 4.69) is 10.3 Å². The molecule has 0 spiro atoms. The molecule has 1 aromatic heterocycles. The molecule has 1 fully saturated rings. The molecule has 0 aliphatic carbocycles. The number of nitrogens with zero attached hydrogens (tertiary/aromatic N) is 3. The van der Waals surface area contributed by atoms with Crippen molar-refractivity contribution in [3.8, 4) is 0 Å². The summed E-state index contributed by atoms with van der Waals surface area (Å²) < 4.78 is 27.4. The molecule has 2 aromatic rings. The summed E-state index contributed by atoms with van der Waals surface area (Å²) in [5.74, 6) is -0.141. The molecule has 0 saturated carbocycles. The van der Waals surface area contributed by atoms with Crippen LogP contribution in [0.3, 0.4) is 0 Å². The third-order valence-electron chi connectivity index (χ3n) is 5.88. The normalized spacial score (nSPS) is 19.8. The van der Waals surface area contributed by atoms with E-state index >= 15 is 0 Å². The molecule has 0 radical (unpaired) electrons. The molecular weight excluding hydrogens is 460 g/mol. The molecule has 3 heterocycles. The van der Waals surface area contributed by atoms with Gasteiger partial charge in [0.05, 0.1) is 22.2 Å². The van der Waals surface area contributed by atoms with E-state index < -0.39 is 10.0 Å². The zero-order valence-corrected chi connectivity index (χ0v) is 20.2. The Bertz CT molecular complexity index is 1110. The number of hydrogen-bond acceptors (Lipinski definition) is 6. The van der Waals surface area contributed by atoms with Gasteiger partial charge in [-0.1, -0.05) is 36.7 Å². The van der Waals surface area contributed by atoms with Crippen LogP contribution in [0.25, 0.3) is 0 Å². The van der Waals surface area contributed by atoms with Crippen molar-refractivity contribution >= 4 is 45.0 Å². The Labute approximate surface area is 198 Å². The van der Waals surface area contributed by atoms with Crippen LogP contribution in [0.4, 0.5) is 11.4 Å². The Morgan fingerprint density at radius 2 is 1.85 bits per heavy atom. The molecule has 8 nitrogen and oxygen atoms in total. The topological polar surface area (TPSA) is 99.7 Å². The molecule has 176 valence electrons. The molecule has 10 heteroatoms. The summed E-state index contributed by atoms with van der Waals surface area (Å²) in [6.45, 7) is 2.94. The van der Waals surface area contributed by atoms with Crippen molar-refractivity contribution < 1.29 is 18.0 Å². The third-order valence-corrected chi connectivity index (χ3v) is 8.69. The fraction of sp³-hybridized carbons (Fsp3) is 0.435. The number of rotatable bonds is 5. The van der Waals surface area contributed by atoms with E-state index in [-0.39, 0.29) is 34.9 Å². The van der Waals surface area contributed by atoms with Crippen LogP contribution in [0.2, 0.25) is 0 Å². The van der Waals surface area contributed by atoms with Gasteiger partial charge in [-0.15, -0.1) is 0 Å². The van der Waals surface area contributed by atoms with E-state index in [4.69, 9.17) is 0 Å². The van der Waals surface area contributed by atoms with E-state index in [1.807, 2.05) is 25.1 Å². The van der Waals surface area contributed by atoms with Crippen molar-refractivity contribution in [1.29, 1.82) is 0 Å². The molecule has 1 N–H and O–H groups in total. The van der Waals surface area contributed by atoms with Gasteiger partial charge < -0.3 is 10.2 Å². The molecule has 2 aliphatic heterocycles. The maximum absolute atomic E-state index is 13.1. The van der Waals surface area contributed by atoms with E-state index in [1.54, 1.807) is 27.4 Å². The van der Waals surface area contributed by atoms with Crippen LogP contribution in [0.5, 0.6) is 0 Å². The monoisotopic (exact) mass is 488 g/mol. The van der Waals surface area contributed by atoms with Crippen molar-refractivity contribution in [3.05, 3.63) is 42.6 Å². The molecule has 0 unspecified atom stereocenters. The quantitative estimate of drug-likeness (QED) is 0.647. The summed E-state index contributed by atoms with van der Waals surface area (Å²) in [6, 6.07) is 10.2. The highest BCUT2D eigenvalue weighted by Gasteiger charge is 2.30. The predicted octanol–water partition coefficient (Wildman–Crippen LogP) is 3.50. The molecule has 1 saturated heterocycles. The average molecular weight is 489 g/mol. The molecule has 2 amide bonds. The van der Waals surface area contributed by atoms with E-state index in [1.165, 1.54) is 18.0 Å². The number of thioether (sulfide) groups is 1. The van der Waals surface area contributed by atoms with Crippen LogP contribution in [0, 0.1) is 0 Å². The van der Waals surface area contributed by atoms with Gasteiger partial charge in [-0.05, 0) is 44.0 Å². The first-order valence-electron chi connectivity index (χ1n) is 11.2. The molecule has 2 aliphatic rings. The molecule has 1 atom stereocenters. The molecule has 1 aromatic carbocycles. The van der Waals surface area contributed by atoms with Crippen molar-refractivity contribution in [2.24, 2.45) is 0 Å². The second kappa shape index (κ2) is 10.2. The van der Waals surface area contributed by atoms with Crippen LogP contribution in [0.15, 0.2) is 52.5 Å². The van der Waals surface area contributed by atoms with Gasteiger partial charge in [0.25, 0.3) is 0 Å². The third kappa shape index (κ3) is 5.39. The molecule has 0 bridgehead atoms. The number of nitrogens with one attached hydrogen (secondary N) is 1. The number of benzene rings is 1. The second-order valence-corrected chi connectivity index (χ2v) is 11.3. The smallest absolute Gasteiger partial charge is 0.244 e. The second-order valence-electron chi connectivity index (χ2n) is 8.32. The van der Waals surface area contributed by atoms with Crippen LogP contribution < -0.4 is 10.2 Å². The first-order valence-corrected chi connectivity index (χ1v) is 13.6. The molecule has 4 rings (SSSR count).